The summed E-state index contributed by atoms with van der Waals surface area (Å²) in [6.07, 6.45) is 0. The van der Waals surface area contributed by atoms with Crippen molar-refractivity contribution in [3.8, 4) is 0 Å². The largest absolute Gasteiger partial charge is 0.332 e. The van der Waals surface area contributed by atoms with E-state index in [4.69, 9.17) is 0 Å². The van der Waals surface area contributed by atoms with Crippen molar-refractivity contribution in [2.75, 3.05) is 18.0 Å². The number of hydrogen-bond donors (Lipinski definition) is 0. The molecule has 0 N–H and O–H groups in total. The lowest BCUT2D eigenvalue weighted by atomic mass is 9.86. The van der Waals surface area contributed by atoms with E-state index >= 15 is 0 Å². The average molecular weight is 350 g/mol. The lowest BCUT2D eigenvalue weighted by molar-refractivity contribution is -0.124. The monoisotopic (exact) mass is 350 g/mol. The van der Waals surface area contributed by atoms with Crippen molar-refractivity contribution in [1.82, 2.24) is 4.90 Å². The number of urea groups is 1. The third-order valence-electron chi connectivity index (χ3n) is 4.50. The standard InChI is InChI=1S/C21H22N2O3/c1-21(2,3)16-11-9-15(10-12-16)18(24)13-23-19(25)14-22(20(23)26)17-7-5-4-6-8-17/h4-12H,13-14H2,1-3H3. The zero-order chi connectivity index (χ0) is 18.9. The third kappa shape index (κ3) is 3.52. The first-order valence-electron chi connectivity index (χ1n) is 8.58. The van der Waals surface area contributed by atoms with Gasteiger partial charge in [-0.15, -0.1) is 0 Å². The Bertz CT molecular complexity index is 836. The number of carbonyl (C=O) groups excluding carboxylic acids is 3. The van der Waals surface area contributed by atoms with E-state index in [1.165, 1.54) is 4.90 Å². The van der Waals surface area contributed by atoms with Crippen LogP contribution < -0.4 is 4.90 Å². The van der Waals surface area contributed by atoms with Crippen molar-refractivity contribution >= 4 is 23.4 Å². The van der Waals surface area contributed by atoms with Crippen LogP contribution >= 0.6 is 0 Å². The summed E-state index contributed by atoms with van der Waals surface area (Å²) in [7, 11) is 0. The van der Waals surface area contributed by atoms with Gasteiger partial charge in [0.05, 0.1) is 6.54 Å². The molecule has 1 aliphatic heterocycles. The number of benzene rings is 2. The Hall–Kier alpha value is -2.95. The van der Waals surface area contributed by atoms with Gasteiger partial charge in [0.2, 0.25) is 0 Å². The van der Waals surface area contributed by atoms with Gasteiger partial charge >= 0.3 is 6.03 Å². The van der Waals surface area contributed by atoms with Crippen LogP contribution in [0.3, 0.4) is 0 Å². The second kappa shape index (κ2) is 6.75. The average Bonchev–Trinajstić information content (AvgIpc) is 2.90. The molecular weight excluding hydrogens is 328 g/mol. The molecule has 5 heteroatoms. The van der Waals surface area contributed by atoms with Gasteiger partial charge in [-0.05, 0) is 23.1 Å². The lowest BCUT2D eigenvalue weighted by Crippen LogP contribution is -2.37. The summed E-state index contributed by atoms with van der Waals surface area (Å²) in [5, 5.41) is 0. The molecule has 26 heavy (non-hydrogen) atoms. The second-order valence-corrected chi connectivity index (χ2v) is 7.43. The molecule has 3 amide bonds. The summed E-state index contributed by atoms with van der Waals surface area (Å²) in [6, 6.07) is 15.9. The number of rotatable bonds is 4. The van der Waals surface area contributed by atoms with Crippen LogP contribution in [0, 0.1) is 0 Å². The van der Waals surface area contributed by atoms with Gasteiger partial charge in [0.25, 0.3) is 5.91 Å². The van der Waals surface area contributed by atoms with E-state index in [9.17, 15) is 14.4 Å². The number of carbonyl (C=O) groups is 3. The van der Waals surface area contributed by atoms with Crippen LogP contribution in [-0.4, -0.2) is 35.7 Å². The molecule has 0 aromatic heterocycles. The van der Waals surface area contributed by atoms with Gasteiger partial charge in [-0.2, -0.15) is 0 Å². The molecule has 0 spiro atoms. The Kier molecular flexibility index (Phi) is 4.64. The van der Waals surface area contributed by atoms with E-state index in [1.54, 1.807) is 36.4 Å². The van der Waals surface area contributed by atoms with Gasteiger partial charge in [-0.1, -0.05) is 63.2 Å². The topological polar surface area (TPSA) is 57.7 Å². The van der Waals surface area contributed by atoms with Crippen molar-refractivity contribution in [3.63, 3.8) is 0 Å². The van der Waals surface area contributed by atoms with Crippen molar-refractivity contribution in [2.45, 2.75) is 26.2 Å². The molecule has 1 saturated heterocycles. The number of amides is 3. The molecule has 0 aliphatic carbocycles. The SMILES string of the molecule is CC(C)(C)c1ccc(C(=O)CN2C(=O)CN(c3ccccc3)C2=O)cc1. The van der Waals surface area contributed by atoms with Crippen molar-refractivity contribution in [1.29, 1.82) is 0 Å². The maximum Gasteiger partial charge on any atom is 0.332 e. The molecule has 3 rings (SSSR count). The quantitative estimate of drug-likeness (QED) is 0.625. The molecule has 0 saturated carbocycles. The number of anilines is 1. The van der Waals surface area contributed by atoms with Crippen LogP contribution in [0.5, 0.6) is 0 Å². The van der Waals surface area contributed by atoms with E-state index in [1.807, 2.05) is 18.2 Å². The van der Waals surface area contributed by atoms with Gasteiger partial charge in [-0.25, -0.2) is 4.79 Å². The molecule has 0 atom stereocenters. The number of nitrogens with zero attached hydrogens (tertiary/aromatic N) is 2. The van der Waals surface area contributed by atoms with E-state index in [-0.39, 0.29) is 30.2 Å². The lowest BCUT2D eigenvalue weighted by Gasteiger charge is -2.19. The fourth-order valence-electron chi connectivity index (χ4n) is 2.90. The molecule has 2 aromatic rings. The van der Waals surface area contributed by atoms with Crippen LogP contribution in [-0.2, 0) is 10.2 Å². The smallest absolute Gasteiger partial charge is 0.292 e. The first-order chi connectivity index (χ1) is 12.3. The Labute approximate surface area is 153 Å². The number of hydrogen-bond acceptors (Lipinski definition) is 3. The van der Waals surface area contributed by atoms with Crippen LogP contribution in [0.15, 0.2) is 54.6 Å². The van der Waals surface area contributed by atoms with Crippen LogP contribution in [0.2, 0.25) is 0 Å². The molecule has 0 bridgehead atoms. The molecule has 1 fully saturated rings. The van der Waals surface area contributed by atoms with E-state index < -0.39 is 6.03 Å². The highest BCUT2D eigenvalue weighted by molar-refractivity contribution is 6.15. The van der Waals surface area contributed by atoms with Crippen LogP contribution in [0.4, 0.5) is 10.5 Å². The summed E-state index contributed by atoms with van der Waals surface area (Å²) in [4.78, 5) is 39.7. The second-order valence-electron chi connectivity index (χ2n) is 7.43. The fraction of sp³-hybridized carbons (Fsp3) is 0.286. The van der Waals surface area contributed by atoms with E-state index in [0.717, 1.165) is 10.5 Å². The molecule has 0 unspecified atom stereocenters. The number of imide groups is 1. The number of Topliss-reactive ketones (excluding diaryl/α,β-unsaturated/α-hetero) is 1. The van der Waals surface area contributed by atoms with Crippen molar-refractivity contribution < 1.29 is 14.4 Å². The Morgan fingerprint density at radius 2 is 1.58 bits per heavy atom. The first-order valence-corrected chi connectivity index (χ1v) is 8.58. The minimum absolute atomic E-state index is 0.00134. The Morgan fingerprint density at radius 3 is 2.15 bits per heavy atom. The summed E-state index contributed by atoms with van der Waals surface area (Å²) >= 11 is 0. The Balaban J connectivity index is 1.73. The van der Waals surface area contributed by atoms with Crippen LogP contribution in [0.1, 0.15) is 36.7 Å². The van der Waals surface area contributed by atoms with Gasteiger partial charge in [-0.3, -0.25) is 19.4 Å². The third-order valence-corrected chi connectivity index (χ3v) is 4.50. The molecule has 1 heterocycles. The van der Waals surface area contributed by atoms with E-state index in [0.29, 0.717) is 11.3 Å². The molecule has 1 aliphatic rings. The fourth-order valence-corrected chi connectivity index (χ4v) is 2.90. The number of para-hydroxylation sites is 1. The van der Waals surface area contributed by atoms with Gasteiger partial charge in [0.1, 0.15) is 6.54 Å². The normalized spacial score (nSPS) is 14.9. The Morgan fingerprint density at radius 1 is 0.962 bits per heavy atom. The zero-order valence-corrected chi connectivity index (χ0v) is 15.2. The highest BCUT2D eigenvalue weighted by Crippen LogP contribution is 2.23. The van der Waals surface area contributed by atoms with Gasteiger partial charge in [0.15, 0.2) is 5.78 Å². The summed E-state index contributed by atoms with van der Waals surface area (Å²) in [6.45, 7) is 6.02. The van der Waals surface area contributed by atoms with E-state index in [2.05, 4.69) is 20.8 Å². The van der Waals surface area contributed by atoms with Crippen molar-refractivity contribution in [2.24, 2.45) is 0 Å². The summed E-state index contributed by atoms with van der Waals surface area (Å²) in [5.74, 6) is -0.611. The molecular formula is C21H22N2O3. The van der Waals surface area contributed by atoms with Crippen LogP contribution in [0.25, 0.3) is 0 Å². The molecule has 2 aromatic carbocycles. The summed E-state index contributed by atoms with van der Waals surface area (Å²) < 4.78 is 0. The summed E-state index contributed by atoms with van der Waals surface area (Å²) in [5.41, 5.74) is 2.27. The first kappa shape index (κ1) is 17.9. The van der Waals surface area contributed by atoms with Crippen molar-refractivity contribution in [3.05, 3.63) is 65.7 Å². The molecule has 134 valence electrons. The van der Waals surface area contributed by atoms with Gasteiger partial charge in [0, 0.05) is 11.3 Å². The molecule has 0 radical (unpaired) electrons. The predicted octanol–water partition coefficient (Wildman–Crippen LogP) is 3.64. The highest BCUT2D eigenvalue weighted by atomic mass is 16.2. The van der Waals surface area contributed by atoms with Gasteiger partial charge < -0.3 is 0 Å². The number of ketones is 1. The highest BCUT2D eigenvalue weighted by Gasteiger charge is 2.37. The zero-order valence-electron chi connectivity index (χ0n) is 15.2. The minimum Gasteiger partial charge on any atom is -0.292 e. The maximum absolute atomic E-state index is 12.5. The predicted molar refractivity (Wildman–Crippen MR) is 100 cm³/mol. The minimum atomic E-state index is -0.458. The maximum atomic E-state index is 12.5. The molecule has 5 nitrogen and oxygen atoms in total.